The normalized spacial score (nSPS) is 12.2. The van der Waals surface area contributed by atoms with Crippen molar-refractivity contribution in [3.05, 3.63) is 154 Å². The minimum Gasteiger partial charge on any atom is -0.497 e. The molecule has 1 aliphatic rings. The van der Waals surface area contributed by atoms with Crippen molar-refractivity contribution in [1.29, 1.82) is 0 Å². The van der Waals surface area contributed by atoms with Gasteiger partial charge in [-0.15, -0.1) is 0 Å². The molecule has 1 aliphatic carbocycles. The van der Waals surface area contributed by atoms with Crippen LogP contribution >= 0.6 is 0 Å². The Bertz CT molecular complexity index is 1860. The van der Waals surface area contributed by atoms with Gasteiger partial charge in [0, 0.05) is 42.2 Å². The van der Waals surface area contributed by atoms with Crippen LogP contribution < -0.4 is 20.1 Å². The Morgan fingerprint density at radius 2 is 1.06 bits per heavy atom. The molecule has 0 aromatic heterocycles. The van der Waals surface area contributed by atoms with Gasteiger partial charge in [0.25, 0.3) is 0 Å². The van der Waals surface area contributed by atoms with E-state index in [0.717, 1.165) is 28.2 Å². The average molecular weight is 657 g/mol. The van der Waals surface area contributed by atoms with E-state index in [0.29, 0.717) is 66.2 Å². The van der Waals surface area contributed by atoms with Gasteiger partial charge in [-0.1, -0.05) is 78.9 Å². The smallest absolute Gasteiger partial charge is 0.198 e. The summed E-state index contributed by atoms with van der Waals surface area (Å²) in [6, 6.07) is 36.6. The SMILES string of the molecule is COc1ccc(C(OCCCNc2cccc3c2C(=O)c2c(NCCCO)cccc2C3=O)(c2ccccc2)c2ccc(OC)cc2)cc1. The molecule has 250 valence electrons. The number of hydrogen-bond acceptors (Lipinski definition) is 8. The highest BCUT2D eigenvalue weighted by molar-refractivity contribution is 6.31. The highest BCUT2D eigenvalue weighted by atomic mass is 16.5. The minimum absolute atomic E-state index is 0.0299. The molecule has 5 aromatic carbocycles. The molecule has 0 aliphatic heterocycles. The number of aliphatic hydroxyl groups excluding tert-OH is 1. The number of carbonyl (C=O) groups excluding carboxylic acids is 2. The predicted octanol–water partition coefficient (Wildman–Crippen LogP) is 7.08. The minimum atomic E-state index is -0.933. The number of anilines is 2. The molecule has 0 heterocycles. The van der Waals surface area contributed by atoms with Gasteiger partial charge in [-0.2, -0.15) is 0 Å². The first-order valence-electron chi connectivity index (χ1n) is 16.4. The third kappa shape index (κ3) is 6.66. The van der Waals surface area contributed by atoms with E-state index in [1.807, 2.05) is 72.8 Å². The van der Waals surface area contributed by atoms with E-state index in [9.17, 15) is 14.7 Å². The summed E-state index contributed by atoms with van der Waals surface area (Å²) in [6.07, 6.45) is 1.14. The second-order valence-corrected chi connectivity index (χ2v) is 11.8. The van der Waals surface area contributed by atoms with Crippen molar-refractivity contribution in [2.45, 2.75) is 18.4 Å². The maximum Gasteiger partial charge on any atom is 0.198 e. The Labute approximate surface area is 286 Å². The van der Waals surface area contributed by atoms with Crippen LogP contribution in [0.5, 0.6) is 11.5 Å². The Hall–Kier alpha value is -5.44. The van der Waals surface area contributed by atoms with Crippen LogP contribution in [0, 0.1) is 0 Å². The Morgan fingerprint density at radius 3 is 1.55 bits per heavy atom. The van der Waals surface area contributed by atoms with E-state index in [-0.39, 0.29) is 18.2 Å². The predicted molar refractivity (Wildman–Crippen MR) is 191 cm³/mol. The fourth-order valence-corrected chi connectivity index (χ4v) is 6.43. The number of benzene rings is 5. The van der Waals surface area contributed by atoms with Crippen LogP contribution in [0.2, 0.25) is 0 Å². The highest BCUT2D eigenvalue weighted by Gasteiger charge is 2.38. The quantitative estimate of drug-likeness (QED) is 0.0796. The maximum atomic E-state index is 14.0. The lowest BCUT2D eigenvalue weighted by Gasteiger charge is -2.36. The number of ketones is 2. The molecule has 0 atom stereocenters. The summed E-state index contributed by atoms with van der Waals surface area (Å²) in [7, 11) is 3.29. The third-order valence-electron chi connectivity index (χ3n) is 8.85. The van der Waals surface area contributed by atoms with Crippen molar-refractivity contribution in [3.8, 4) is 11.5 Å². The van der Waals surface area contributed by atoms with Crippen LogP contribution in [0.1, 0.15) is 61.4 Å². The standard InChI is InChI=1S/C41H40N2O6/c1-47-31-20-16-29(17-21-31)41(28-10-4-3-5-11-28,30-18-22-32(48-2)23-19-30)49-27-9-25-43-36-15-7-13-34-38(36)40(46)37-33(39(34)45)12-6-14-35(37)42-24-8-26-44/h3-7,10-23,42-44H,8-9,24-27H2,1-2H3. The zero-order valence-electron chi connectivity index (χ0n) is 27.7. The molecule has 3 N–H and O–H groups in total. The number of rotatable bonds is 15. The first-order chi connectivity index (χ1) is 24.0. The van der Waals surface area contributed by atoms with Crippen molar-refractivity contribution in [2.24, 2.45) is 0 Å². The first-order valence-corrected chi connectivity index (χ1v) is 16.4. The van der Waals surface area contributed by atoms with Crippen LogP contribution in [0.15, 0.2) is 115 Å². The van der Waals surface area contributed by atoms with E-state index >= 15 is 0 Å². The molecular weight excluding hydrogens is 616 g/mol. The molecule has 0 spiro atoms. The average Bonchev–Trinajstić information content (AvgIpc) is 3.16. The number of ether oxygens (including phenoxy) is 3. The molecule has 49 heavy (non-hydrogen) atoms. The molecule has 6 rings (SSSR count). The zero-order valence-corrected chi connectivity index (χ0v) is 27.7. The molecule has 8 heteroatoms. The van der Waals surface area contributed by atoms with E-state index in [1.165, 1.54) is 0 Å². The van der Waals surface area contributed by atoms with Crippen LogP contribution in [-0.2, 0) is 10.3 Å². The van der Waals surface area contributed by atoms with Crippen molar-refractivity contribution in [2.75, 3.05) is 51.2 Å². The van der Waals surface area contributed by atoms with E-state index in [1.54, 1.807) is 44.6 Å². The van der Waals surface area contributed by atoms with Gasteiger partial charge in [-0.3, -0.25) is 9.59 Å². The second kappa shape index (κ2) is 15.2. The fourth-order valence-electron chi connectivity index (χ4n) is 6.43. The molecule has 5 aromatic rings. The maximum absolute atomic E-state index is 14.0. The molecule has 0 bridgehead atoms. The zero-order chi connectivity index (χ0) is 34.2. The fraction of sp³-hybridized carbons (Fsp3) is 0.220. The summed E-state index contributed by atoms with van der Waals surface area (Å²) >= 11 is 0. The van der Waals surface area contributed by atoms with Crippen LogP contribution in [0.4, 0.5) is 11.4 Å². The van der Waals surface area contributed by atoms with E-state index in [4.69, 9.17) is 14.2 Å². The van der Waals surface area contributed by atoms with E-state index < -0.39 is 5.60 Å². The van der Waals surface area contributed by atoms with Gasteiger partial charge in [0.15, 0.2) is 11.6 Å². The molecule has 0 unspecified atom stereocenters. The van der Waals surface area contributed by atoms with Crippen LogP contribution in [0.3, 0.4) is 0 Å². The van der Waals surface area contributed by atoms with Gasteiger partial charge in [-0.25, -0.2) is 0 Å². The van der Waals surface area contributed by atoms with Crippen molar-refractivity contribution >= 4 is 22.9 Å². The number of aliphatic hydroxyl groups is 1. The first kappa shape index (κ1) is 33.5. The lowest BCUT2D eigenvalue weighted by molar-refractivity contribution is 0.0127. The van der Waals surface area contributed by atoms with Gasteiger partial charge < -0.3 is 30.0 Å². The molecule has 0 radical (unpaired) electrons. The summed E-state index contributed by atoms with van der Waals surface area (Å²) < 4.78 is 17.9. The molecule has 8 nitrogen and oxygen atoms in total. The monoisotopic (exact) mass is 656 g/mol. The summed E-state index contributed by atoms with van der Waals surface area (Å²) in [4.78, 5) is 27.6. The van der Waals surface area contributed by atoms with Gasteiger partial charge in [0.05, 0.1) is 32.0 Å². The number of nitrogens with one attached hydrogen (secondary N) is 2. The number of methoxy groups -OCH3 is 2. The second-order valence-electron chi connectivity index (χ2n) is 11.8. The highest BCUT2D eigenvalue weighted by Crippen LogP contribution is 2.42. The largest absolute Gasteiger partial charge is 0.497 e. The molecule has 0 saturated carbocycles. The molecule has 0 amide bonds. The van der Waals surface area contributed by atoms with Crippen molar-refractivity contribution < 1.29 is 28.9 Å². The Morgan fingerprint density at radius 1 is 0.571 bits per heavy atom. The number of hydrogen-bond donors (Lipinski definition) is 3. The molecule has 0 fully saturated rings. The molecular formula is C41H40N2O6. The van der Waals surface area contributed by atoms with Gasteiger partial charge in [0.1, 0.15) is 17.1 Å². The summed E-state index contributed by atoms with van der Waals surface area (Å²) in [5.74, 6) is 1.10. The van der Waals surface area contributed by atoms with Crippen molar-refractivity contribution in [3.63, 3.8) is 0 Å². The lowest BCUT2D eigenvalue weighted by Crippen LogP contribution is -2.33. The van der Waals surface area contributed by atoms with Gasteiger partial charge in [-0.05, 0) is 65.9 Å². The Kier molecular flexibility index (Phi) is 10.4. The summed E-state index contributed by atoms with van der Waals surface area (Å²) in [5.41, 5.74) is 4.62. The number of fused-ring (bicyclic) bond motifs is 2. The van der Waals surface area contributed by atoms with Crippen LogP contribution in [0.25, 0.3) is 0 Å². The molecule has 0 saturated heterocycles. The third-order valence-corrected chi connectivity index (χ3v) is 8.85. The van der Waals surface area contributed by atoms with Crippen LogP contribution in [-0.4, -0.2) is 57.2 Å². The van der Waals surface area contributed by atoms with Gasteiger partial charge >= 0.3 is 0 Å². The van der Waals surface area contributed by atoms with Gasteiger partial charge in [0.2, 0.25) is 0 Å². The topological polar surface area (TPSA) is 106 Å². The lowest BCUT2D eigenvalue weighted by atomic mass is 9.80. The van der Waals surface area contributed by atoms with E-state index in [2.05, 4.69) is 22.8 Å². The summed E-state index contributed by atoms with van der Waals surface area (Å²) in [6.45, 7) is 1.39. The Balaban J connectivity index is 1.25. The summed E-state index contributed by atoms with van der Waals surface area (Å²) in [5, 5.41) is 15.9. The number of carbonyl (C=O) groups is 2. The van der Waals surface area contributed by atoms with Crippen molar-refractivity contribution in [1.82, 2.24) is 0 Å².